The highest BCUT2D eigenvalue weighted by atomic mass is 32.2. The number of thioether (sulfide) groups is 1. The molecule has 1 aromatic rings. The first-order chi connectivity index (χ1) is 7.61. The smallest absolute Gasteiger partial charge is 0.312 e. The average molecular weight is 240 g/mol. The maximum atomic E-state index is 11.3. The Balaban J connectivity index is 2.46. The van der Waals surface area contributed by atoms with Crippen LogP contribution in [-0.2, 0) is 4.79 Å². The summed E-state index contributed by atoms with van der Waals surface area (Å²) in [6.45, 7) is -0.153. The molecule has 86 valence electrons. The van der Waals surface area contributed by atoms with E-state index < -0.39 is 6.03 Å². The number of hydrogen-bond donors (Lipinski definition) is 3. The van der Waals surface area contributed by atoms with E-state index >= 15 is 0 Å². The largest absolute Gasteiger partial charge is 0.352 e. The summed E-state index contributed by atoms with van der Waals surface area (Å²) in [5.41, 5.74) is 5.40. The minimum absolute atomic E-state index is 0.153. The number of hydrogen-bond acceptors (Lipinski definition) is 4. The summed E-state index contributed by atoms with van der Waals surface area (Å²) in [7, 11) is 0. The molecule has 0 saturated heterocycles. The van der Waals surface area contributed by atoms with Gasteiger partial charge in [-0.15, -0.1) is 11.8 Å². The van der Waals surface area contributed by atoms with Crippen LogP contribution in [0.4, 0.5) is 10.5 Å². The molecule has 0 unspecified atom stereocenters. The Hall–Kier alpha value is -1.76. The molecule has 0 bridgehead atoms. The van der Waals surface area contributed by atoms with Gasteiger partial charge in [-0.05, 0) is 18.4 Å². The standard InChI is InChI=1S/C9H12N4O2S/c1-16-8-3-2-6(4-11-8)13-7(14)5-12-9(10)15/h2-4H,5H2,1H3,(H,13,14)(H3,10,12,15). The van der Waals surface area contributed by atoms with Gasteiger partial charge in [0.05, 0.1) is 23.5 Å². The van der Waals surface area contributed by atoms with E-state index in [0.717, 1.165) is 5.03 Å². The lowest BCUT2D eigenvalue weighted by Crippen LogP contribution is -2.36. The highest BCUT2D eigenvalue weighted by Gasteiger charge is 2.03. The summed E-state index contributed by atoms with van der Waals surface area (Å²) in [6.07, 6.45) is 3.46. The van der Waals surface area contributed by atoms with Crippen LogP contribution < -0.4 is 16.4 Å². The lowest BCUT2D eigenvalue weighted by Gasteiger charge is -2.05. The number of nitrogens with zero attached hydrogens (tertiary/aromatic N) is 1. The molecule has 3 amide bonds. The van der Waals surface area contributed by atoms with Crippen molar-refractivity contribution in [3.05, 3.63) is 18.3 Å². The van der Waals surface area contributed by atoms with E-state index in [0.29, 0.717) is 5.69 Å². The minimum atomic E-state index is -0.731. The van der Waals surface area contributed by atoms with E-state index in [1.165, 1.54) is 11.8 Å². The van der Waals surface area contributed by atoms with Crippen LogP contribution in [-0.4, -0.2) is 29.7 Å². The zero-order valence-electron chi connectivity index (χ0n) is 8.69. The van der Waals surface area contributed by atoms with Gasteiger partial charge in [0.2, 0.25) is 5.91 Å². The van der Waals surface area contributed by atoms with Gasteiger partial charge in [-0.1, -0.05) is 0 Å². The average Bonchev–Trinajstić information content (AvgIpc) is 2.27. The van der Waals surface area contributed by atoms with Crippen molar-refractivity contribution < 1.29 is 9.59 Å². The number of rotatable bonds is 4. The van der Waals surface area contributed by atoms with Gasteiger partial charge in [0.25, 0.3) is 0 Å². The van der Waals surface area contributed by atoms with Crippen molar-refractivity contribution in [3.63, 3.8) is 0 Å². The van der Waals surface area contributed by atoms with E-state index in [1.54, 1.807) is 18.3 Å². The topological polar surface area (TPSA) is 97.1 Å². The van der Waals surface area contributed by atoms with E-state index in [-0.39, 0.29) is 12.5 Å². The van der Waals surface area contributed by atoms with Crippen LogP contribution in [0, 0.1) is 0 Å². The predicted molar refractivity (Wildman–Crippen MR) is 62.2 cm³/mol. The number of carbonyl (C=O) groups is 2. The van der Waals surface area contributed by atoms with Crippen LogP contribution in [0.2, 0.25) is 0 Å². The van der Waals surface area contributed by atoms with Gasteiger partial charge in [0, 0.05) is 0 Å². The lowest BCUT2D eigenvalue weighted by molar-refractivity contribution is -0.115. The first-order valence-corrected chi connectivity index (χ1v) is 5.67. The summed E-state index contributed by atoms with van der Waals surface area (Å²) < 4.78 is 0. The number of nitrogens with one attached hydrogen (secondary N) is 2. The van der Waals surface area contributed by atoms with Crippen LogP contribution in [0.5, 0.6) is 0 Å². The van der Waals surface area contributed by atoms with Crippen molar-refractivity contribution in [2.24, 2.45) is 5.73 Å². The molecule has 0 aromatic carbocycles. The Bertz CT molecular complexity index is 380. The third kappa shape index (κ3) is 4.18. The maximum absolute atomic E-state index is 11.3. The second-order valence-electron chi connectivity index (χ2n) is 2.86. The molecule has 1 rings (SSSR count). The monoisotopic (exact) mass is 240 g/mol. The van der Waals surface area contributed by atoms with Gasteiger partial charge in [0.15, 0.2) is 0 Å². The predicted octanol–water partition coefficient (Wildman–Crippen LogP) is 0.410. The number of amides is 3. The molecule has 0 radical (unpaired) electrons. The van der Waals surface area contributed by atoms with Gasteiger partial charge in [-0.25, -0.2) is 9.78 Å². The summed E-state index contributed by atoms with van der Waals surface area (Å²) in [5, 5.41) is 5.63. The van der Waals surface area contributed by atoms with Gasteiger partial charge in [-0.3, -0.25) is 4.79 Å². The number of urea groups is 1. The van der Waals surface area contributed by atoms with Crippen molar-refractivity contribution in [2.75, 3.05) is 18.1 Å². The van der Waals surface area contributed by atoms with Crippen LogP contribution in [0.25, 0.3) is 0 Å². The van der Waals surface area contributed by atoms with Gasteiger partial charge in [0.1, 0.15) is 0 Å². The van der Waals surface area contributed by atoms with Crippen molar-refractivity contribution >= 4 is 29.4 Å². The third-order valence-corrected chi connectivity index (χ3v) is 2.31. The molecule has 0 saturated carbocycles. The number of primary amides is 1. The Morgan fingerprint density at radius 3 is 2.75 bits per heavy atom. The van der Waals surface area contributed by atoms with E-state index in [4.69, 9.17) is 5.73 Å². The molecule has 16 heavy (non-hydrogen) atoms. The molecule has 7 heteroatoms. The van der Waals surface area contributed by atoms with Gasteiger partial charge in [-0.2, -0.15) is 0 Å². The fourth-order valence-electron chi connectivity index (χ4n) is 0.948. The van der Waals surface area contributed by atoms with E-state index in [2.05, 4.69) is 15.6 Å². The highest BCUT2D eigenvalue weighted by Crippen LogP contribution is 2.13. The fourth-order valence-corrected chi connectivity index (χ4v) is 1.31. The molecule has 0 spiro atoms. The van der Waals surface area contributed by atoms with Gasteiger partial charge < -0.3 is 16.4 Å². The normalized spacial score (nSPS) is 9.56. The minimum Gasteiger partial charge on any atom is -0.352 e. The molecule has 4 N–H and O–H groups in total. The molecule has 1 heterocycles. The highest BCUT2D eigenvalue weighted by molar-refractivity contribution is 7.98. The van der Waals surface area contributed by atoms with E-state index in [9.17, 15) is 9.59 Å². The summed E-state index contributed by atoms with van der Waals surface area (Å²) in [5.74, 6) is -0.350. The number of pyridine rings is 1. The van der Waals surface area contributed by atoms with Crippen molar-refractivity contribution in [2.45, 2.75) is 5.03 Å². The first-order valence-electron chi connectivity index (χ1n) is 4.45. The molecule has 0 fully saturated rings. The molecule has 0 aliphatic heterocycles. The Kier molecular flexibility index (Phi) is 4.59. The van der Waals surface area contributed by atoms with Gasteiger partial charge >= 0.3 is 6.03 Å². The molecule has 6 nitrogen and oxygen atoms in total. The van der Waals surface area contributed by atoms with Crippen LogP contribution in [0.1, 0.15) is 0 Å². The molecule has 0 atom stereocenters. The number of nitrogens with two attached hydrogens (primary N) is 1. The lowest BCUT2D eigenvalue weighted by atomic mass is 10.4. The molecular formula is C9H12N4O2S. The quantitative estimate of drug-likeness (QED) is 0.664. The molecular weight excluding hydrogens is 228 g/mol. The third-order valence-electron chi connectivity index (χ3n) is 1.65. The summed E-state index contributed by atoms with van der Waals surface area (Å²) in [6, 6.07) is 2.80. The summed E-state index contributed by atoms with van der Waals surface area (Å²) >= 11 is 1.51. The van der Waals surface area contributed by atoms with Crippen molar-refractivity contribution in [1.29, 1.82) is 0 Å². The van der Waals surface area contributed by atoms with Crippen LogP contribution >= 0.6 is 11.8 Å². The van der Waals surface area contributed by atoms with Crippen molar-refractivity contribution in [3.8, 4) is 0 Å². The number of anilines is 1. The molecule has 0 aliphatic rings. The second kappa shape index (κ2) is 5.96. The van der Waals surface area contributed by atoms with Crippen LogP contribution in [0.3, 0.4) is 0 Å². The maximum Gasteiger partial charge on any atom is 0.312 e. The second-order valence-corrected chi connectivity index (χ2v) is 3.68. The first kappa shape index (κ1) is 12.3. The van der Waals surface area contributed by atoms with Crippen LogP contribution in [0.15, 0.2) is 23.4 Å². The Morgan fingerprint density at radius 1 is 1.50 bits per heavy atom. The number of aromatic nitrogens is 1. The Labute approximate surface area is 97.0 Å². The van der Waals surface area contributed by atoms with E-state index in [1.807, 2.05) is 6.26 Å². The molecule has 1 aromatic heterocycles. The number of carbonyl (C=O) groups excluding carboxylic acids is 2. The Morgan fingerprint density at radius 2 is 2.25 bits per heavy atom. The molecule has 0 aliphatic carbocycles. The SMILES string of the molecule is CSc1ccc(NC(=O)CNC(N)=O)cn1. The summed E-state index contributed by atoms with van der Waals surface area (Å²) in [4.78, 5) is 25.7. The van der Waals surface area contributed by atoms with Crippen molar-refractivity contribution in [1.82, 2.24) is 10.3 Å². The fraction of sp³-hybridized carbons (Fsp3) is 0.222. The zero-order valence-corrected chi connectivity index (χ0v) is 9.50. The zero-order chi connectivity index (χ0) is 12.0.